The molecule has 0 saturated heterocycles. The van der Waals surface area contributed by atoms with Crippen LogP contribution < -0.4 is 10.5 Å². The highest BCUT2D eigenvalue weighted by atomic mass is 32.2. The lowest BCUT2D eigenvalue weighted by molar-refractivity contribution is -0.118. The van der Waals surface area contributed by atoms with Crippen molar-refractivity contribution in [3.63, 3.8) is 0 Å². The molecule has 1 amide bonds. The Bertz CT molecular complexity index is 985. The van der Waals surface area contributed by atoms with Gasteiger partial charge >= 0.3 is 0 Å². The number of hydrogen-bond donors (Lipinski definition) is 2. The third-order valence-corrected chi connectivity index (χ3v) is 6.32. The number of halogens is 1. The van der Waals surface area contributed by atoms with Crippen LogP contribution >= 0.6 is 0 Å². The second kappa shape index (κ2) is 6.73. The van der Waals surface area contributed by atoms with Gasteiger partial charge in [0, 0.05) is 11.6 Å². The molecule has 3 rings (SSSR count). The first kappa shape index (κ1) is 19.5. The lowest BCUT2D eigenvalue weighted by Gasteiger charge is -2.10. The monoisotopic (exact) mass is 390 g/mol. The second-order valence-corrected chi connectivity index (χ2v) is 9.10. The van der Waals surface area contributed by atoms with Crippen molar-refractivity contribution in [3.8, 4) is 0 Å². The normalized spacial score (nSPS) is 20.9. The number of amides is 1. The van der Waals surface area contributed by atoms with Gasteiger partial charge in [0.2, 0.25) is 15.9 Å². The van der Waals surface area contributed by atoms with Crippen molar-refractivity contribution in [3.05, 3.63) is 59.4 Å². The number of sulfonamides is 1. The predicted octanol–water partition coefficient (Wildman–Crippen LogP) is 3.41. The number of benzene rings is 2. The van der Waals surface area contributed by atoms with Gasteiger partial charge < -0.3 is 5.32 Å². The summed E-state index contributed by atoms with van der Waals surface area (Å²) in [6, 6.07) is 10.7. The minimum Gasteiger partial charge on any atom is -0.325 e. The van der Waals surface area contributed by atoms with Crippen LogP contribution in [0.1, 0.15) is 37.8 Å². The van der Waals surface area contributed by atoms with Gasteiger partial charge in [-0.1, -0.05) is 39.0 Å². The molecule has 0 aromatic heterocycles. The second-order valence-electron chi connectivity index (χ2n) is 7.54. The Morgan fingerprint density at radius 3 is 2.37 bits per heavy atom. The Morgan fingerprint density at radius 1 is 1.19 bits per heavy atom. The first-order valence-electron chi connectivity index (χ1n) is 8.77. The average molecular weight is 390 g/mol. The van der Waals surface area contributed by atoms with Crippen molar-refractivity contribution < 1.29 is 17.6 Å². The number of aryl methyl sites for hydroxylation is 1. The lowest BCUT2D eigenvalue weighted by atomic mass is 10.0. The van der Waals surface area contributed by atoms with Gasteiger partial charge in [-0.15, -0.1) is 0 Å². The molecule has 0 heterocycles. The Labute approximate surface area is 158 Å². The predicted molar refractivity (Wildman–Crippen MR) is 102 cm³/mol. The summed E-state index contributed by atoms with van der Waals surface area (Å²) in [5.41, 5.74) is 1.96. The lowest BCUT2D eigenvalue weighted by Crippen LogP contribution is -2.18. The summed E-state index contributed by atoms with van der Waals surface area (Å²) in [4.78, 5) is 12.9. The van der Waals surface area contributed by atoms with Gasteiger partial charge in [0.05, 0.1) is 10.8 Å². The molecule has 2 atom stereocenters. The molecule has 2 aromatic rings. The van der Waals surface area contributed by atoms with Crippen molar-refractivity contribution in [2.75, 3.05) is 5.32 Å². The van der Waals surface area contributed by atoms with E-state index in [1.165, 1.54) is 24.3 Å². The largest absolute Gasteiger partial charge is 0.325 e. The van der Waals surface area contributed by atoms with E-state index in [0.717, 1.165) is 11.1 Å². The van der Waals surface area contributed by atoms with Crippen LogP contribution in [0.4, 0.5) is 10.1 Å². The van der Waals surface area contributed by atoms with Crippen LogP contribution in [0.25, 0.3) is 0 Å². The highest BCUT2D eigenvalue weighted by Gasteiger charge is 2.62. The SMILES string of the molecule is CCc1ccc(F)cc1NC(=O)[C@H]1C(c2ccc(S(N)(=O)=O)cc2)C1(C)C. The van der Waals surface area contributed by atoms with E-state index in [2.05, 4.69) is 5.32 Å². The number of rotatable bonds is 5. The van der Waals surface area contributed by atoms with Crippen molar-refractivity contribution in [1.82, 2.24) is 0 Å². The first-order chi connectivity index (χ1) is 12.6. The maximum atomic E-state index is 13.6. The summed E-state index contributed by atoms with van der Waals surface area (Å²) in [6.45, 7) is 5.92. The van der Waals surface area contributed by atoms with Crippen molar-refractivity contribution in [1.29, 1.82) is 0 Å². The van der Waals surface area contributed by atoms with Crippen molar-refractivity contribution in [2.24, 2.45) is 16.5 Å². The van der Waals surface area contributed by atoms with Gasteiger partial charge in [0.15, 0.2) is 0 Å². The van der Waals surface area contributed by atoms with Crippen LogP contribution in [-0.4, -0.2) is 14.3 Å². The molecule has 1 aliphatic carbocycles. The van der Waals surface area contributed by atoms with E-state index in [1.54, 1.807) is 18.2 Å². The third-order valence-electron chi connectivity index (χ3n) is 5.39. The van der Waals surface area contributed by atoms with Crippen LogP contribution in [0.3, 0.4) is 0 Å². The quantitative estimate of drug-likeness (QED) is 0.820. The summed E-state index contributed by atoms with van der Waals surface area (Å²) in [6.07, 6.45) is 0.683. The van der Waals surface area contributed by atoms with E-state index in [9.17, 15) is 17.6 Å². The first-order valence-corrected chi connectivity index (χ1v) is 10.3. The van der Waals surface area contributed by atoms with Crippen LogP contribution in [0.2, 0.25) is 0 Å². The Balaban J connectivity index is 1.81. The van der Waals surface area contributed by atoms with Gasteiger partial charge in [-0.2, -0.15) is 0 Å². The van der Waals surface area contributed by atoms with Crippen LogP contribution in [0.15, 0.2) is 47.4 Å². The van der Waals surface area contributed by atoms with Crippen LogP contribution in [0, 0.1) is 17.2 Å². The summed E-state index contributed by atoms with van der Waals surface area (Å²) in [5, 5.41) is 7.99. The molecular formula is C20H23FN2O3S. The molecule has 1 aliphatic rings. The molecule has 0 radical (unpaired) electrons. The van der Waals surface area contributed by atoms with E-state index in [-0.39, 0.29) is 28.1 Å². The summed E-state index contributed by atoms with van der Waals surface area (Å²) < 4.78 is 36.4. The number of hydrogen-bond acceptors (Lipinski definition) is 3. The number of carbonyl (C=O) groups is 1. The fourth-order valence-corrected chi connectivity index (χ4v) is 4.31. The van der Waals surface area contributed by atoms with Crippen molar-refractivity contribution >= 4 is 21.6 Å². The fourth-order valence-electron chi connectivity index (χ4n) is 3.80. The number of carbonyl (C=O) groups excluding carboxylic acids is 1. The maximum Gasteiger partial charge on any atom is 0.238 e. The van der Waals surface area contributed by atoms with E-state index < -0.39 is 15.8 Å². The summed E-state index contributed by atoms with van der Waals surface area (Å²) in [7, 11) is -3.75. The standard InChI is InChI=1S/C20H23FN2O3S/c1-4-12-5-8-14(21)11-16(12)23-19(24)18-17(20(18,2)3)13-6-9-15(10-7-13)27(22,25)26/h5-11,17-18H,4H2,1-3H3,(H,23,24)(H2,22,25,26)/t17?,18-/m1/s1. The van der Waals surface area contributed by atoms with Gasteiger partial charge in [-0.05, 0) is 47.2 Å². The number of anilines is 1. The Kier molecular flexibility index (Phi) is 4.86. The molecule has 5 nitrogen and oxygen atoms in total. The van der Waals surface area contributed by atoms with Crippen molar-refractivity contribution in [2.45, 2.75) is 38.0 Å². The van der Waals surface area contributed by atoms with Gasteiger partial charge in [-0.25, -0.2) is 17.9 Å². The van der Waals surface area contributed by atoms with E-state index in [1.807, 2.05) is 20.8 Å². The molecule has 27 heavy (non-hydrogen) atoms. The van der Waals surface area contributed by atoms with Gasteiger partial charge in [-0.3, -0.25) is 4.79 Å². The van der Waals surface area contributed by atoms with E-state index >= 15 is 0 Å². The molecule has 7 heteroatoms. The van der Waals surface area contributed by atoms with E-state index in [4.69, 9.17) is 5.14 Å². The Morgan fingerprint density at radius 2 is 1.81 bits per heavy atom. The summed E-state index contributed by atoms with van der Waals surface area (Å²) >= 11 is 0. The molecule has 0 aliphatic heterocycles. The topological polar surface area (TPSA) is 89.3 Å². The zero-order valence-electron chi connectivity index (χ0n) is 15.5. The minimum atomic E-state index is -3.75. The number of nitrogens with two attached hydrogens (primary N) is 1. The highest BCUT2D eigenvalue weighted by Crippen LogP contribution is 2.64. The summed E-state index contributed by atoms with van der Waals surface area (Å²) in [5.74, 6) is -0.898. The fraction of sp³-hybridized carbons (Fsp3) is 0.350. The number of primary sulfonamides is 1. The van der Waals surface area contributed by atoms with Crippen LogP contribution in [0.5, 0.6) is 0 Å². The molecule has 1 fully saturated rings. The molecule has 1 saturated carbocycles. The third kappa shape index (κ3) is 3.75. The smallest absolute Gasteiger partial charge is 0.238 e. The molecule has 1 unspecified atom stereocenters. The zero-order chi connectivity index (χ0) is 20.0. The Hall–Kier alpha value is -2.25. The molecule has 3 N–H and O–H groups in total. The average Bonchev–Trinajstić information content (AvgIpc) is 3.17. The minimum absolute atomic E-state index is 0.0399. The molecule has 144 valence electrons. The van der Waals surface area contributed by atoms with E-state index in [0.29, 0.717) is 12.1 Å². The van der Waals surface area contributed by atoms with Gasteiger partial charge in [0.25, 0.3) is 0 Å². The van der Waals surface area contributed by atoms with Gasteiger partial charge in [0.1, 0.15) is 5.82 Å². The number of nitrogens with one attached hydrogen (secondary N) is 1. The molecule has 0 bridgehead atoms. The molecular weight excluding hydrogens is 367 g/mol. The molecule has 0 spiro atoms. The zero-order valence-corrected chi connectivity index (χ0v) is 16.3. The van der Waals surface area contributed by atoms with Crippen LogP contribution in [-0.2, 0) is 21.2 Å². The maximum absolute atomic E-state index is 13.6. The highest BCUT2D eigenvalue weighted by molar-refractivity contribution is 7.89. The molecule has 2 aromatic carbocycles.